The van der Waals surface area contributed by atoms with Gasteiger partial charge in [0.1, 0.15) is 23.7 Å². The van der Waals surface area contributed by atoms with Gasteiger partial charge in [-0.2, -0.15) is 0 Å². The predicted molar refractivity (Wildman–Crippen MR) is 131 cm³/mol. The van der Waals surface area contributed by atoms with Gasteiger partial charge in [-0.15, -0.1) is 0 Å². The summed E-state index contributed by atoms with van der Waals surface area (Å²) in [4.78, 5) is 30.8. The maximum Gasteiger partial charge on any atom is 0.182 e. The van der Waals surface area contributed by atoms with E-state index in [0.717, 1.165) is 35.8 Å². The second-order valence-electron chi connectivity index (χ2n) is 7.33. The van der Waals surface area contributed by atoms with Gasteiger partial charge >= 0.3 is 0 Å². The van der Waals surface area contributed by atoms with Gasteiger partial charge in [-0.1, -0.05) is 60.7 Å². The minimum atomic E-state index is 0. The Morgan fingerprint density at radius 2 is 0.971 bits per heavy atom. The molecule has 0 atom stereocenters. The van der Waals surface area contributed by atoms with Crippen LogP contribution in [0.4, 0.5) is 11.6 Å². The fraction of sp³-hybridized carbons (Fsp3) is 0.0833. The first-order chi connectivity index (χ1) is 16.9. The molecule has 0 aliphatic rings. The van der Waals surface area contributed by atoms with Crippen molar-refractivity contribution in [1.82, 2.24) is 39.9 Å². The Hall–Kier alpha value is -4.24. The molecule has 0 aliphatic carbocycles. The van der Waals surface area contributed by atoms with Crippen LogP contribution in [0.5, 0.6) is 0 Å². The Morgan fingerprint density at radius 1 is 0.543 bits per heavy atom. The third-order valence-corrected chi connectivity index (χ3v) is 5.05. The Labute approximate surface area is 213 Å². The van der Waals surface area contributed by atoms with Crippen LogP contribution in [0, 0.1) is 0 Å². The van der Waals surface area contributed by atoms with E-state index >= 15 is 0 Å². The molecule has 6 aromatic rings. The number of aromatic amines is 2. The van der Waals surface area contributed by atoms with Crippen LogP contribution in [0.15, 0.2) is 86.0 Å². The molecule has 4 aromatic heterocycles. The van der Waals surface area contributed by atoms with E-state index in [1.165, 1.54) is 23.8 Å². The van der Waals surface area contributed by atoms with Crippen LogP contribution < -0.4 is 10.6 Å². The first kappa shape index (κ1) is 23.9. The number of nitrogens with zero attached hydrogens (tertiary/aromatic N) is 6. The predicted octanol–water partition coefficient (Wildman–Crippen LogP) is 3.93. The van der Waals surface area contributed by atoms with Gasteiger partial charge in [0.25, 0.3) is 0 Å². The van der Waals surface area contributed by atoms with E-state index in [1.54, 1.807) is 12.7 Å². The van der Waals surface area contributed by atoms with Crippen molar-refractivity contribution < 1.29 is 19.5 Å². The summed E-state index contributed by atoms with van der Waals surface area (Å²) in [6.07, 6.45) is 6.26. The number of aromatic nitrogens is 8. The van der Waals surface area contributed by atoms with Crippen molar-refractivity contribution in [2.24, 2.45) is 0 Å². The van der Waals surface area contributed by atoms with Crippen molar-refractivity contribution in [2.45, 2.75) is 13.1 Å². The minimum Gasteiger partial charge on any atom is -0.364 e. The molecular formula is C24H22N10Zn. The molecule has 4 heterocycles. The van der Waals surface area contributed by atoms with Crippen molar-refractivity contribution in [2.75, 3.05) is 10.6 Å². The molecule has 11 heteroatoms. The maximum absolute atomic E-state index is 4.20. The number of benzene rings is 2. The molecule has 0 unspecified atom stereocenters. The van der Waals surface area contributed by atoms with Crippen LogP contribution >= 0.6 is 0 Å². The summed E-state index contributed by atoms with van der Waals surface area (Å²) in [6, 6.07) is 20.3. The van der Waals surface area contributed by atoms with E-state index in [-0.39, 0.29) is 19.5 Å². The normalized spacial score (nSPS) is 10.3. The summed E-state index contributed by atoms with van der Waals surface area (Å²) in [5.41, 5.74) is 5.44. The van der Waals surface area contributed by atoms with Crippen LogP contribution in [0.2, 0.25) is 0 Å². The summed E-state index contributed by atoms with van der Waals surface area (Å²) in [6.45, 7) is 1.46. The molecule has 2 aromatic carbocycles. The van der Waals surface area contributed by atoms with E-state index < -0.39 is 0 Å². The summed E-state index contributed by atoms with van der Waals surface area (Å²) in [7, 11) is 0. The first-order valence-corrected chi connectivity index (χ1v) is 10.7. The number of hydrogen-bond acceptors (Lipinski definition) is 8. The molecular weight excluding hydrogens is 494 g/mol. The molecule has 6 rings (SSSR count). The zero-order valence-electron chi connectivity index (χ0n) is 18.9. The quantitative estimate of drug-likeness (QED) is 0.245. The molecule has 0 aliphatic heterocycles. The van der Waals surface area contributed by atoms with Gasteiger partial charge in [0.2, 0.25) is 0 Å². The number of anilines is 2. The number of H-pyrrole nitrogens is 2. The molecule has 10 nitrogen and oxygen atoms in total. The maximum atomic E-state index is 4.20. The molecule has 0 fully saturated rings. The molecule has 0 saturated heterocycles. The van der Waals surface area contributed by atoms with Crippen LogP contribution in [0.3, 0.4) is 0 Å². The molecule has 35 heavy (non-hydrogen) atoms. The molecule has 170 valence electrons. The van der Waals surface area contributed by atoms with E-state index in [0.29, 0.717) is 11.3 Å². The average molecular weight is 516 g/mol. The third kappa shape index (κ3) is 6.01. The van der Waals surface area contributed by atoms with Gasteiger partial charge < -0.3 is 20.6 Å². The van der Waals surface area contributed by atoms with Gasteiger partial charge in [-0.25, -0.2) is 29.9 Å². The number of imidazole rings is 2. The topological polar surface area (TPSA) is 133 Å². The van der Waals surface area contributed by atoms with E-state index in [9.17, 15) is 0 Å². The monoisotopic (exact) mass is 514 g/mol. The molecule has 0 spiro atoms. The van der Waals surface area contributed by atoms with Crippen molar-refractivity contribution in [3.8, 4) is 0 Å². The Morgan fingerprint density at radius 3 is 1.40 bits per heavy atom. The van der Waals surface area contributed by atoms with Crippen molar-refractivity contribution in [3.05, 3.63) is 97.1 Å². The molecule has 0 radical (unpaired) electrons. The number of fused-ring (bicyclic) bond motifs is 2. The fourth-order valence-corrected chi connectivity index (χ4v) is 3.36. The Kier molecular flexibility index (Phi) is 8.03. The van der Waals surface area contributed by atoms with Crippen LogP contribution in [-0.2, 0) is 32.6 Å². The van der Waals surface area contributed by atoms with Crippen molar-refractivity contribution >= 4 is 34.0 Å². The first-order valence-electron chi connectivity index (χ1n) is 10.7. The largest absolute Gasteiger partial charge is 0.364 e. The second kappa shape index (κ2) is 11.8. The van der Waals surface area contributed by atoms with E-state index in [1.807, 2.05) is 36.4 Å². The van der Waals surface area contributed by atoms with Gasteiger partial charge in [0.05, 0.1) is 12.7 Å². The summed E-state index contributed by atoms with van der Waals surface area (Å²) in [5, 5.41) is 6.54. The Balaban J connectivity index is 0.000000160. The third-order valence-electron chi connectivity index (χ3n) is 5.05. The number of nitrogens with one attached hydrogen (secondary N) is 4. The van der Waals surface area contributed by atoms with Crippen molar-refractivity contribution in [1.29, 1.82) is 0 Å². The summed E-state index contributed by atoms with van der Waals surface area (Å²) >= 11 is 0. The van der Waals surface area contributed by atoms with Gasteiger partial charge in [0.15, 0.2) is 22.9 Å². The standard InChI is InChI=1S/2C12H11N5.Zn/c2*1-2-4-9(5-3-1)6-13-11-10-12(15-7-14-10)17-8-16-11;/h2*1-5,7-8H,6H2,(H2,13,14,15,16,17);. The minimum absolute atomic E-state index is 0. The number of hydrogen-bond donors (Lipinski definition) is 4. The van der Waals surface area contributed by atoms with E-state index in [2.05, 4.69) is 74.8 Å². The fourth-order valence-electron chi connectivity index (χ4n) is 3.36. The Bertz CT molecular complexity index is 1350. The number of rotatable bonds is 6. The zero-order chi connectivity index (χ0) is 23.0. The summed E-state index contributed by atoms with van der Waals surface area (Å²) in [5.74, 6) is 1.55. The summed E-state index contributed by atoms with van der Waals surface area (Å²) < 4.78 is 0. The molecule has 0 saturated carbocycles. The van der Waals surface area contributed by atoms with Gasteiger partial charge in [-0.3, -0.25) is 0 Å². The zero-order valence-corrected chi connectivity index (χ0v) is 21.9. The molecule has 0 bridgehead atoms. The van der Waals surface area contributed by atoms with Gasteiger partial charge in [0, 0.05) is 32.6 Å². The SMILES string of the molecule is [Zn].c1ccc(CNc2ncnc3nc[nH]c23)cc1.c1ccc(CNc2ncnc3nc[nH]c23)cc1. The molecule has 4 N–H and O–H groups in total. The second-order valence-corrected chi connectivity index (χ2v) is 7.33. The average Bonchev–Trinajstić information content (AvgIpc) is 3.58. The van der Waals surface area contributed by atoms with Crippen LogP contribution in [0.25, 0.3) is 22.3 Å². The van der Waals surface area contributed by atoms with Gasteiger partial charge in [-0.05, 0) is 11.1 Å². The van der Waals surface area contributed by atoms with Crippen LogP contribution in [-0.4, -0.2) is 39.9 Å². The van der Waals surface area contributed by atoms with Crippen LogP contribution in [0.1, 0.15) is 11.1 Å². The molecule has 0 amide bonds. The van der Waals surface area contributed by atoms with Crippen molar-refractivity contribution in [3.63, 3.8) is 0 Å². The van der Waals surface area contributed by atoms with E-state index in [4.69, 9.17) is 0 Å². The smallest absolute Gasteiger partial charge is 0.182 e.